The SMILES string of the molecule is Cc1nnc(SCC(=O)c2cc([N+](=O)[O-])c[nH]2)n1C. The summed E-state index contributed by atoms with van der Waals surface area (Å²) < 4.78 is 1.77. The van der Waals surface area contributed by atoms with E-state index in [4.69, 9.17) is 0 Å². The number of carbonyl (C=O) groups is 1. The summed E-state index contributed by atoms with van der Waals surface area (Å²) in [5.41, 5.74) is 0.0981. The molecule has 0 radical (unpaired) electrons. The molecule has 0 fully saturated rings. The molecule has 2 rings (SSSR count). The molecule has 0 amide bonds. The lowest BCUT2D eigenvalue weighted by Gasteiger charge is -1.99. The third-order valence-electron chi connectivity index (χ3n) is 2.56. The normalized spacial score (nSPS) is 10.6. The highest BCUT2D eigenvalue weighted by atomic mass is 32.2. The molecule has 0 aliphatic rings. The standard InChI is InChI=1S/C10H11N5O3S/c1-6-12-13-10(14(6)2)19-5-9(16)8-3-7(4-11-8)15(17)18/h3-4,11H,5H2,1-2H3. The lowest BCUT2D eigenvalue weighted by molar-refractivity contribution is -0.384. The maximum Gasteiger partial charge on any atom is 0.287 e. The van der Waals surface area contributed by atoms with Crippen molar-refractivity contribution in [2.45, 2.75) is 12.1 Å². The lowest BCUT2D eigenvalue weighted by Crippen LogP contribution is -2.04. The number of thioether (sulfide) groups is 1. The van der Waals surface area contributed by atoms with Crippen molar-refractivity contribution in [3.8, 4) is 0 Å². The third kappa shape index (κ3) is 2.81. The number of carbonyl (C=O) groups excluding carboxylic acids is 1. The molecule has 0 bridgehead atoms. The van der Waals surface area contributed by atoms with Crippen molar-refractivity contribution in [1.29, 1.82) is 0 Å². The van der Waals surface area contributed by atoms with Crippen molar-refractivity contribution in [3.63, 3.8) is 0 Å². The molecule has 100 valence electrons. The van der Waals surface area contributed by atoms with Gasteiger partial charge in [-0.2, -0.15) is 0 Å². The number of hydrogen-bond acceptors (Lipinski definition) is 6. The van der Waals surface area contributed by atoms with Crippen LogP contribution >= 0.6 is 11.8 Å². The van der Waals surface area contributed by atoms with Crippen LogP contribution in [0.15, 0.2) is 17.4 Å². The number of hydrogen-bond donors (Lipinski definition) is 1. The highest BCUT2D eigenvalue weighted by molar-refractivity contribution is 7.99. The predicted molar refractivity (Wildman–Crippen MR) is 68.2 cm³/mol. The van der Waals surface area contributed by atoms with Gasteiger partial charge < -0.3 is 9.55 Å². The summed E-state index contributed by atoms with van der Waals surface area (Å²) in [5.74, 6) is 0.674. The fourth-order valence-corrected chi connectivity index (χ4v) is 2.21. The number of H-pyrrole nitrogens is 1. The van der Waals surface area contributed by atoms with E-state index < -0.39 is 4.92 Å². The Hall–Kier alpha value is -2.16. The molecule has 2 heterocycles. The molecule has 1 N–H and O–H groups in total. The summed E-state index contributed by atoms with van der Waals surface area (Å²) in [6, 6.07) is 1.23. The van der Waals surface area contributed by atoms with Crippen LogP contribution in [-0.2, 0) is 7.05 Å². The minimum Gasteiger partial charge on any atom is -0.353 e. The van der Waals surface area contributed by atoms with Gasteiger partial charge in [-0.15, -0.1) is 10.2 Å². The van der Waals surface area contributed by atoms with E-state index in [2.05, 4.69) is 15.2 Å². The molecule has 0 spiro atoms. The van der Waals surface area contributed by atoms with E-state index in [9.17, 15) is 14.9 Å². The van der Waals surface area contributed by atoms with Crippen LogP contribution in [0.25, 0.3) is 0 Å². The number of aromatic amines is 1. The Kier molecular flexibility index (Phi) is 3.65. The summed E-state index contributed by atoms with van der Waals surface area (Å²) in [4.78, 5) is 24.4. The number of nitrogens with one attached hydrogen (secondary N) is 1. The van der Waals surface area contributed by atoms with Crippen LogP contribution in [0.4, 0.5) is 5.69 Å². The average molecular weight is 281 g/mol. The van der Waals surface area contributed by atoms with Gasteiger partial charge in [0.2, 0.25) is 0 Å². The van der Waals surface area contributed by atoms with Gasteiger partial charge in [-0.3, -0.25) is 14.9 Å². The second-order valence-corrected chi connectivity index (χ2v) is 4.77. The van der Waals surface area contributed by atoms with Gasteiger partial charge in [-0.25, -0.2) is 0 Å². The van der Waals surface area contributed by atoms with E-state index >= 15 is 0 Å². The van der Waals surface area contributed by atoms with Crippen molar-refractivity contribution < 1.29 is 9.72 Å². The van der Waals surface area contributed by atoms with Crippen LogP contribution in [-0.4, -0.2) is 36.2 Å². The minimum absolute atomic E-state index is 0.122. The number of nitro groups is 1. The summed E-state index contributed by atoms with van der Waals surface area (Å²) >= 11 is 1.24. The topological polar surface area (TPSA) is 107 Å². The number of rotatable bonds is 5. The highest BCUT2D eigenvalue weighted by Gasteiger charge is 2.16. The van der Waals surface area contributed by atoms with E-state index in [1.165, 1.54) is 24.0 Å². The smallest absolute Gasteiger partial charge is 0.287 e. The molecule has 2 aromatic heterocycles. The molecule has 0 saturated carbocycles. The monoisotopic (exact) mass is 281 g/mol. The van der Waals surface area contributed by atoms with Crippen LogP contribution in [0.1, 0.15) is 16.3 Å². The molecule has 0 aliphatic heterocycles. The van der Waals surface area contributed by atoms with E-state index in [0.717, 1.165) is 5.82 Å². The molecule has 0 atom stereocenters. The number of nitrogens with zero attached hydrogens (tertiary/aromatic N) is 4. The maximum atomic E-state index is 11.8. The van der Waals surface area contributed by atoms with Crippen LogP contribution in [0.3, 0.4) is 0 Å². The average Bonchev–Trinajstić information content (AvgIpc) is 2.97. The van der Waals surface area contributed by atoms with Crippen LogP contribution in [0.5, 0.6) is 0 Å². The van der Waals surface area contributed by atoms with Gasteiger partial charge in [0, 0.05) is 13.1 Å². The summed E-state index contributed by atoms with van der Waals surface area (Å²) in [6.45, 7) is 1.81. The van der Waals surface area contributed by atoms with Crippen molar-refractivity contribution in [3.05, 3.63) is 33.9 Å². The number of ketones is 1. The first-order valence-electron chi connectivity index (χ1n) is 5.34. The molecule has 2 aromatic rings. The molecule has 0 aromatic carbocycles. The predicted octanol–water partition coefficient (Wildman–Crippen LogP) is 1.33. The number of Topliss-reactive ketones (excluding diaryl/α,β-unsaturated/α-hetero) is 1. The zero-order valence-corrected chi connectivity index (χ0v) is 11.1. The molecule has 0 aliphatic carbocycles. The van der Waals surface area contributed by atoms with Gasteiger partial charge in [0.1, 0.15) is 5.82 Å². The van der Waals surface area contributed by atoms with Crippen LogP contribution in [0.2, 0.25) is 0 Å². The molecule has 0 saturated heterocycles. The van der Waals surface area contributed by atoms with Crippen molar-refractivity contribution in [2.24, 2.45) is 7.05 Å². The van der Waals surface area contributed by atoms with Crippen molar-refractivity contribution >= 4 is 23.2 Å². The Morgan fingerprint density at radius 1 is 1.58 bits per heavy atom. The second-order valence-electron chi connectivity index (χ2n) is 3.83. The number of aryl methyl sites for hydroxylation is 1. The molecular formula is C10H11N5O3S. The quantitative estimate of drug-likeness (QED) is 0.383. The molecular weight excluding hydrogens is 270 g/mol. The zero-order valence-electron chi connectivity index (χ0n) is 10.3. The Morgan fingerprint density at radius 2 is 2.32 bits per heavy atom. The Morgan fingerprint density at radius 3 is 2.84 bits per heavy atom. The van der Waals surface area contributed by atoms with E-state index in [1.807, 2.05) is 14.0 Å². The summed E-state index contributed by atoms with van der Waals surface area (Å²) in [7, 11) is 1.81. The van der Waals surface area contributed by atoms with Gasteiger partial charge in [0.05, 0.1) is 22.6 Å². The largest absolute Gasteiger partial charge is 0.353 e. The molecule has 8 nitrogen and oxygen atoms in total. The van der Waals surface area contributed by atoms with Gasteiger partial charge >= 0.3 is 0 Å². The Labute approximate surface area is 112 Å². The van der Waals surface area contributed by atoms with Gasteiger partial charge in [0.15, 0.2) is 10.9 Å². The first-order valence-corrected chi connectivity index (χ1v) is 6.32. The second kappa shape index (κ2) is 5.22. The fourth-order valence-electron chi connectivity index (χ4n) is 1.37. The Balaban J connectivity index is 2.01. The molecule has 19 heavy (non-hydrogen) atoms. The summed E-state index contributed by atoms with van der Waals surface area (Å²) in [6.07, 6.45) is 1.20. The van der Waals surface area contributed by atoms with Crippen molar-refractivity contribution in [1.82, 2.24) is 19.7 Å². The maximum absolute atomic E-state index is 11.8. The zero-order chi connectivity index (χ0) is 14.0. The lowest BCUT2D eigenvalue weighted by atomic mass is 10.3. The number of aromatic nitrogens is 4. The van der Waals surface area contributed by atoms with E-state index in [1.54, 1.807) is 4.57 Å². The van der Waals surface area contributed by atoms with Gasteiger partial charge in [-0.1, -0.05) is 11.8 Å². The summed E-state index contributed by atoms with van der Waals surface area (Å²) in [5, 5.41) is 18.9. The Bertz CT molecular complexity index is 633. The van der Waals surface area contributed by atoms with Crippen LogP contribution in [0, 0.1) is 17.0 Å². The van der Waals surface area contributed by atoms with E-state index in [0.29, 0.717) is 5.16 Å². The third-order valence-corrected chi connectivity index (χ3v) is 3.58. The fraction of sp³-hybridized carbons (Fsp3) is 0.300. The van der Waals surface area contributed by atoms with Crippen LogP contribution < -0.4 is 0 Å². The first-order chi connectivity index (χ1) is 8.99. The molecule has 9 heteroatoms. The van der Waals surface area contributed by atoms with E-state index in [-0.39, 0.29) is 22.9 Å². The first kappa shape index (κ1) is 13.3. The van der Waals surface area contributed by atoms with Gasteiger partial charge in [-0.05, 0) is 6.92 Å². The highest BCUT2D eigenvalue weighted by Crippen LogP contribution is 2.18. The minimum atomic E-state index is -0.549. The molecule has 0 unspecified atom stereocenters. The van der Waals surface area contributed by atoms with Gasteiger partial charge in [0.25, 0.3) is 5.69 Å². The van der Waals surface area contributed by atoms with Crippen molar-refractivity contribution in [2.75, 3.05) is 5.75 Å².